The molecule has 3 heteroatoms. The number of likely N-dealkylation sites (tertiary alicyclic amines) is 1. The minimum absolute atomic E-state index is 0.533. The molecule has 3 nitrogen and oxygen atoms in total. The van der Waals surface area contributed by atoms with Crippen molar-refractivity contribution in [3.05, 3.63) is 120 Å². The van der Waals surface area contributed by atoms with Crippen LogP contribution >= 0.6 is 0 Å². The van der Waals surface area contributed by atoms with Crippen molar-refractivity contribution in [3.8, 4) is 0 Å². The predicted molar refractivity (Wildman–Crippen MR) is 139 cm³/mol. The van der Waals surface area contributed by atoms with E-state index in [1.54, 1.807) is 0 Å². The Hall–Kier alpha value is -2.72. The van der Waals surface area contributed by atoms with Crippen molar-refractivity contribution in [1.29, 1.82) is 0 Å². The minimum atomic E-state index is -1.10. The van der Waals surface area contributed by atoms with Crippen molar-refractivity contribution in [2.45, 2.75) is 56.3 Å². The molecule has 4 rings (SSSR count). The maximum absolute atomic E-state index is 12.1. The Morgan fingerprint density at radius 2 is 1.26 bits per heavy atom. The number of rotatable bonds is 10. The second kappa shape index (κ2) is 11.1. The lowest BCUT2D eigenvalue weighted by atomic mass is 9.81. The average Bonchev–Trinajstić information content (AvgIpc) is 2.90. The molecular formula is C31H37NO2. The van der Waals surface area contributed by atoms with Gasteiger partial charge in [-0.05, 0) is 60.8 Å². The lowest BCUT2D eigenvalue weighted by Crippen LogP contribution is -2.49. The highest BCUT2D eigenvalue weighted by atomic mass is 16.3. The van der Waals surface area contributed by atoms with Crippen LogP contribution in [-0.4, -0.2) is 28.2 Å². The molecule has 3 aromatic rings. The number of nitrogens with zero attached hydrogens (tertiary/aromatic N) is 1. The smallest absolute Gasteiger partial charge is 0.144 e. The zero-order valence-electron chi connectivity index (χ0n) is 20.1. The quantitative estimate of drug-likeness (QED) is 0.360. The Balaban J connectivity index is 1.59. The summed E-state index contributed by atoms with van der Waals surface area (Å²) in [7, 11) is 0. The third kappa shape index (κ3) is 5.33. The molecule has 34 heavy (non-hydrogen) atoms. The zero-order valence-corrected chi connectivity index (χ0v) is 20.1. The number of allylic oxidation sites excluding steroid dienone is 1. The summed E-state index contributed by atoms with van der Waals surface area (Å²) >= 11 is 0. The van der Waals surface area contributed by atoms with E-state index in [0.29, 0.717) is 19.3 Å². The first-order chi connectivity index (χ1) is 16.6. The van der Waals surface area contributed by atoms with Crippen molar-refractivity contribution in [3.63, 3.8) is 0 Å². The Kier molecular flexibility index (Phi) is 7.99. The molecule has 1 fully saturated rings. The van der Waals surface area contributed by atoms with Gasteiger partial charge in [0.1, 0.15) is 11.3 Å². The van der Waals surface area contributed by atoms with Crippen LogP contribution in [0.3, 0.4) is 0 Å². The first-order valence-electron chi connectivity index (χ1n) is 12.6. The molecule has 0 bridgehead atoms. The van der Waals surface area contributed by atoms with Gasteiger partial charge in [-0.2, -0.15) is 0 Å². The summed E-state index contributed by atoms with van der Waals surface area (Å²) < 4.78 is 0. The van der Waals surface area contributed by atoms with E-state index in [1.165, 1.54) is 12.0 Å². The van der Waals surface area contributed by atoms with E-state index in [4.69, 9.17) is 0 Å². The Morgan fingerprint density at radius 1 is 0.706 bits per heavy atom. The van der Waals surface area contributed by atoms with Crippen molar-refractivity contribution in [2.24, 2.45) is 0 Å². The van der Waals surface area contributed by atoms with E-state index in [-0.39, 0.29) is 0 Å². The van der Waals surface area contributed by atoms with Crippen molar-refractivity contribution >= 4 is 0 Å². The van der Waals surface area contributed by atoms with Gasteiger partial charge in [0.2, 0.25) is 0 Å². The molecule has 1 heterocycles. The van der Waals surface area contributed by atoms with Crippen LogP contribution in [0.15, 0.2) is 97.6 Å². The number of benzene rings is 3. The van der Waals surface area contributed by atoms with Crippen LogP contribution in [0.1, 0.15) is 60.8 Å². The van der Waals surface area contributed by atoms with Gasteiger partial charge in [-0.3, -0.25) is 4.90 Å². The lowest BCUT2D eigenvalue weighted by Gasteiger charge is -2.43. The van der Waals surface area contributed by atoms with Crippen LogP contribution in [0.25, 0.3) is 0 Å². The maximum Gasteiger partial charge on any atom is 0.144 e. The SMILES string of the molecule is C=CCc1ccc(C(O)(CCCC(O)(c2ccccc2)c2ccccc2)N2CCCCC2)cc1. The standard InChI is InChI=1S/C31H37NO2/c1-2-13-26-18-20-29(21-19-26)31(34,32-24-10-5-11-25-32)23-12-22-30(33,27-14-6-3-7-15-27)28-16-8-4-9-17-28/h2-4,6-9,14-21,33-34H,1,5,10-13,22-25H2. The molecule has 0 saturated carbocycles. The summed E-state index contributed by atoms with van der Waals surface area (Å²) in [4.78, 5) is 2.24. The molecule has 2 N–H and O–H groups in total. The van der Waals surface area contributed by atoms with Gasteiger partial charge < -0.3 is 10.2 Å². The normalized spacial score (nSPS) is 16.6. The molecule has 1 saturated heterocycles. The Labute approximate surface area is 204 Å². The van der Waals surface area contributed by atoms with E-state index in [1.807, 2.05) is 66.7 Å². The molecule has 1 unspecified atom stereocenters. The Bertz CT molecular complexity index is 987. The molecule has 0 aliphatic carbocycles. The highest BCUT2D eigenvalue weighted by molar-refractivity contribution is 5.36. The predicted octanol–water partition coefficient (Wildman–Crippen LogP) is 6.15. The van der Waals surface area contributed by atoms with E-state index in [2.05, 4.69) is 35.7 Å². The van der Waals surface area contributed by atoms with Crippen molar-refractivity contribution in [1.82, 2.24) is 4.90 Å². The third-order valence-electron chi connectivity index (χ3n) is 7.24. The van der Waals surface area contributed by atoms with Gasteiger partial charge in [-0.25, -0.2) is 0 Å². The Morgan fingerprint density at radius 3 is 1.79 bits per heavy atom. The summed E-state index contributed by atoms with van der Waals surface area (Å²) in [6.45, 7) is 5.62. The highest BCUT2D eigenvalue weighted by Crippen LogP contribution is 2.39. The molecule has 0 amide bonds. The molecule has 0 radical (unpaired) electrons. The number of hydrogen-bond acceptors (Lipinski definition) is 3. The second-order valence-electron chi connectivity index (χ2n) is 9.50. The van der Waals surface area contributed by atoms with E-state index < -0.39 is 11.3 Å². The topological polar surface area (TPSA) is 43.7 Å². The van der Waals surface area contributed by atoms with Gasteiger partial charge in [0.15, 0.2) is 0 Å². The lowest BCUT2D eigenvalue weighted by molar-refractivity contribution is -0.132. The molecule has 0 aromatic heterocycles. The molecule has 1 atom stereocenters. The van der Waals surface area contributed by atoms with Gasteiger partial charge >= 0.3 is 0 Å². The number of aliphatic hydroxyl groups is 2. The maximum atomic E-state index is 12.1. The van der Waals surface area contributed by atoms with E-state index in [0.717, 1.165) is 49.0 Å². The van der Waals surface area contributed by atoms with Gasteiger partial charge in [0.05, 0.1) is 0 Å². The van der Waals surface area contributed by atoms with Crippen LogP contribution in [0, 0.1) is 0 Å². The van der Waals surface area contributed by atoms with Gasteiger partial charge in [-0.1, -0.05) is 97.4 Å². The van der Waals surface area contributed by atoms with Crippen molar-refractivity contribution in [2.75, 3.05) is 13.1 Å². The van der Waals surface area contributed by atoms with Gasteiger partial charge in [0.25, 0.3) is 0 Å². The molecule has 0 spiro atoms. The zero-order chi connectivity index (χ0) is 23.9. The second-order valence-corrected chi connectivity index (χ2v) is 9.50. The van der Waals surface area contributed by atoms with Crippen LogP contribution < -0.4 is 0 Å². The van der Waals surface area contributed by atoms with Crippen LogP contribution in [0.5, 0.6) is 0 Å². The first kappa shape index (κ1) is 24.4. The van der Waals surface area contributed by atoms with Crippen LogP contribution in [0.2, 0.25) is 0 Å². The molecular weight excluding hydrogens is 418 g/mol. The highest BCUT2D eigenvalue weighted by Gasteiger charge is 2.38. The number of hydrogen-bond donors (Lipinski definition) is 2. The molecule has 1 aliphatic rings. The third-order valence-corrected chi connectivity index (χ3v) is 7.24. The fourth-order valence-electron chi connectivity index (χ4n) is 5.30. The van der Waals surface area contributed by atoms with E-state index >= 15 is 0 Å². The summed E-state index contributed by atoms with van der Waals surface area (Å²) in [5.41, 5.74) is 1.76. The van der Waals surface area contributed by atoms with E-state index in [9.17, 15) is 10.2 Å². The fraction of sp³-hybridized carbons (Fsp3) is 0.355. The minimum Gasteiger partial charge on any atom is -0.380 e. The van der Waals surface area contributed by atoms with Crippen LogP contribution in [0.4, 0.5) is 0 Å². The average molecular weight is 456 g/mol. The summed E-state index contributed by atoms with van der Waals surface area (Å²) in [6, 6.07) is 28.1. The van der Waals surface area contributed by atoms with Gasteiger partial charge in [0, 0.05) is 13.1 Å². The molecule has 1 aliphatic heterocycles. The molecule has 178 valence electrons. The summed E-state index contributed by atoms with van der Waals surface area (Å²) in [6.07, 6.45) is 7.93. The number of piperidine rings is 1. The van der Waals surface area contributed by atoms with Crippen LogP contribution in [-0.2, 0) is 17.7 Å². The summed E-state index contributed by atoms with van der Waals surface area (Å²) in [5.74, 6) is 0. The summed E-state index contributed by atoms with van der Waals surface area (Å²) in [5, 5.41) is 24.0. The van der Waals surface area contributed by atoms with Crippen molar-refractivity contribution < 1.29 is 10.2 Å². The first-order valence-corrected chi connectivity index (χ1v) is 12.6. The molecule has 3 aromatic carbocycles. The fourth-order valence-corrected chi connectivity index (χ4v) is 5.30. The monoisotopic (exact) mass is 455 g/mol. The van der Waals surface area contributed by atoms with Gasteiger partial charge in [-0.15, -0.1) is 6.58 Å². The largest absolute Gasteiger partial charge is 0.380 e.